The van der Waals surface area contributed by atoms with E-state index in [1.165, 1.54) is 12.1 Å². The molecular formula is C19H22FN5O2. The molecule has 2 N–H and O–H groups in total. The molecule has 27 heavy (non-hydrogen) atoms. The number of aromatic nitrogens is 2. The molecule has 0 spiro atoms. The van der Waals surface area contributed by atoms with Gasteiger partial charge in [0.1, 0.15) is 5.82 Å². The highest BCUT2D eigenvalue weighted by molar-refractivity contribution is 5.96. The van der Waals surface area contributed by atoms with Crippen LogP contribution in [0.4, 0.5) is 20.6 Å². The van der Waals surface area contributed by atoms with Gasteiger partial charge in [0, 0.05) is 31.9 Å². The first-order valence-electron chi connectivity index (χ1n) is 9.21. The summed E-state index contributed by atoms with van der Waals surface area (Å²) in [6, 6.07) is 4.36. The summed E-state index contributed by atoms with van der Waals surface area (Å²) in [5.41, 5.74) is 2.35. The maximum absolute atomic E-state index is 14.5. The number of carbonyl (C=O) groups is 2. The SMILES string of the molecule is Cn1nccc1C1CCCCN1C(=O)Nc1cc2c(cc1F)CCC(=O)N2. The Balaban J connectivity index is 1.57. The van der Waals surface area contributed by atoms with Gasteiger partial charge >= 0.3 is 6.03 Å². The van der Waals surface area contributed by atoms with E-state index in [-0.39, 0.29) is 23.7 Å². The standard InChI is InChI=1S/C19H22FN5O2/c1-24-16(7-8-21-24)17-4-2-3-9-25(17)19(27)23-15-11-14-12(10-13(15)20)5-6-18(26)22-14/h7-8,10-11,17H,2-6,9H2,1H3,(H,22,26)(H,23,27). The Kier molecular flexibility index (Phi) is 4.55. The molecule has 4 rings (SSSR count). The third kappa shape index (κ3) is 3.39. The zero-order valence-electron chi connectivity index (χ0n) is 15.2. The molecule has 142 valence electrons. The van der Waals surface area contributed by atoms with Crippen LogP contribution >= 0.6 is 0 Å². The van der Waals surface area contributed by atoms with E-state index in [4.69, 9.17) is 0 Å². The molecule has 1 atom stereocenters. The van der Waals surface area contributed by atoms with Gasteiger partial charge in [0.2, 0.25) is 5.91 Å². The maximum atomic E-state index is 14.5. The van der Waals surface area contributed by atoms with E-state index in [0.717, 1.165) is 30.5 Å². The lowest BCUT2D eigenvalue weighted by Crippen LogP contribution is -2.42. The average Bonchev–Trinajstić information content (AvgIpc) is 3.08. The van der Waals surface area contributed by atoms with Gasteiger partial charge in [0.25, 0.3) is 0 Å². The van der Waals surface area contributed by atoms with E-state index in [1.807, 2.05) is 13.1 Å². The number of hydrogen-bond donors (Lipinski definition) is 2. The highest BCUT2D eigenvalue weighted by Crippen LogP contribution is 2.32. The highest BCUT2D eigenvalue weighted by atomic mass is 19.1. The lowest BCUT2D eigenvalue weighted by molar-refractivity contribution is -0.116. The van der Waals surface area contributed by atoms with Gasteiger partial charge in [0.15, 0.2) is 0 Å². The average molecular weight is 371 g/mol. The van der Waals surface area contributed by atoms with Crippen molar-refractivity contribution in [2.45, 2.75) is 38.1 Å². The number of urea groups is 1. The van der Waals surface area contributed by atoms with Gasteiger partial charge in [-0.25, -0.2) is 9.18 Å². The number of halogens is 1. The van der Waals surface area contributed by atoms with Crippen LogP contribution < -0.4 is 10.6 Å². The summed E-state index contributed by atoms with van der Waals surface area (Å²) >= 11 is 0. The molecule has 2 aliphatic rings. The molecule has 7 nitrogen and oxygen atoms in total. The topological polar surface area (TPSA) is 79.3 Å². The van der Waals surface area contributed by atoms with E-state index in [1.54, 1.807) is 15.8 Å². The van der Waals surface area contributed by atoms with Crippen molar-refractivity contribution in [3.8, 4) is 0 Å². The lowest BCUT2D eigenvalue weighted by atomic mass is 9.99. The number of carbonyl (C=O) groups excluding carboxylic acids is 2. The molecule has 8 heteroatoms. The molecule has 0 saturated carbocycles. The monoisotopic (exact) mass is 371 g/mol. The van der Waals surface area contributed by atoms with E-state index in [2.05, 4.69) is 15.7 Å². The molecule has 3 heterocycles. The van der Waals surface area contributed by atoms with Crippen molar-refractivity contribution in [3.63, 3.8) is 0 Å². The number of likely N-dealkylation sites (tertiary alicyclic amines) is 1. The normalized spacial score (nSPS) is 19.4. The minimum absolute atomic E-state index is 0.0790. The lowest BCUT2D eigenvalue weighted by Gasteiger charge is -2.35. The molecule has 1 aromatic heterocycles. The summed E-state index contributed by atoms with van der Waals surface area (Å²) in [7, 11) is 1.85. The number of piperidine rings is 1. The third-order valence-corrected chi connectivity index (χ3v) is 5.29. The molecule has 1 fully saturated rings. The fourth-order valence-electron chi connectivity index (χ4n) is 3.87. The zero-order valence-corrected chi connectivity index (χ0v) is 15.2. The van der Waals surface area contributed by atoms with Gasteiger partial charge in [-0.1, -0.05) is 0 Å². The number of nitrogens with zero attached hydrogens (tertiary/aromatic N) is 3. The van der Waals surface area contributed by atoms with E-state index in [9.17, 15) is 14.0 Å². The Morgan fingerprint density at radius 2 is 2.19 bits per heavy atom. The summed E-state index contributed by atoms with van der Waals surface area (Å²) in [6.07, 6.45) is 5.34. The Bertz CT molecular complexity index is 894. The van der Waals surface area contributed by atoms with Crippen LogP contribution in [0.5, 0.6) is 0 Å². The molecule has 3 amide bonds. The minimum Gasteiger partial charge on any atom is -0.326 e. The molecule has 1 aromatic carbocycles. The summed E-state index contributed by atoms with van der Waals surface area (Å²) in [6.45, 7) is 0.602. The number of aryl methyl sites for hydroxylation is 2. The summed E-state index contributed by atoms with van der Waals surface area (Å²) < 4.78 is 16.2. The van der Waals surface area contributed by atoms with Crippen LogP contribution in [0.3, 0.4) is 0 Å². The fraction of sp³-hybridized carbons (Fsp3) is 0.421. The number of anilines is 2. The molecule has 1 saturated heterocycles. The quantitative estimate of drug-likeness (QED) is 0.851. The Hall–Kier alpha value is -2.90. The fourth-order valence-corrected chi connectivity index (χ4v) is 3.87. The predicted molar refractivity (Wildman–Crippen MR) is 98.9 cm³/mol. The first-order chi connectivity index (χ1) is 13.0. The van der Waals surface area contributed by atoms with E-state index in [0.29, 0.717) is 25.1 Å². The Morgan fingerprint density at radius 3 is 2.96 bits per heavy atom. The van der Waals surface area contributed by atoms with Crippen LogP contribution in [0, 0.1) is 5.82 Å². The van der Waals surface area contributed by atoms with E-state index < -0.39 is 5.82 Å². The second-order valence-electron chi connectivity index (χ2n) is 7.05. The summed E-state index contributed by atoms with van der Waals surface area (Å²) in [4.78, 5) is 26.2. The Labute approximate surface area is 156 Å². The smallest absolute Gasteiger partial charge is 0.322 e. The van der Waals surface area contributed by atoms with Crippen LogP contribution in [0.15, 0.2) is 24.4 Å². The first kappa shape index (κ1) is 17.5. The number of rotatable bonds is 2. The Morgan fingerprint density at radius 1 is 1.33 bits per heavy atom. The van der Waals surface area contributed by atoms with Crippen LogP contribution in [-0.2, 0) is 18.3 Å². The van der Waals surface area contributed by atoms with Gasteiger partial charge in [-0.05, 0) is 49.4 Å². The van der Waals surface area contributed by atoms with Gasteiger partial charge in [-0.15, -0.1) is 0 Å². The molecule has 2 aliphatic heterocycles. The van der Waals surface area contributed by atoms with E-state index >= 15 is 0 Å². The van der Waals surface area contributed by atoms with Crippen LogP contribution in [0.1, 0.15) is 43.0 Å². The number of benzene rings is 1. The second kappa shape index (κ2) is 7.02. The number of hydrogen-bond acceptors (Lipinski definition) is 3. The molecule has 2 aromatic rings. The van der Waals surface area contributed by atoms with Gasteiger partial charge in [0.05, 0.1) is 17.4 Å². The molecule has 0 bridgehead atoms. The zero-order chi connectivity index (χ0) is 19.0. The van der Waals surface area contributed by atoms with Crippen molar-refractivity contribution < 1.29 is 14.0 Å². The maximum Gasteiger partial charge on any atom is 0.322 e. The summed E-state index contributed by atoms with van der Waals surface area (Å²) in [5, 5.41) is 9.62. The van der Waals surface area contributed by atoms with Crippen molar-refractivity contribution in [2.75, 3.05) is 17.2 Å². The molecule has 0 radical (unpaired) electrons. The number of nitrogens with one attached hydrogen (secondary N) is 2. The molecule has 0 aliphatic carbocycles. The van der Waals surface area contributed by atoms with Crippen molar-refractivity contribution in [3.05, 3.63) is 41.5 Å². The third-order valence-electron chi connectivity index (χ3n) is 5.29. The predicted octanol–water partition coefficient (Wildman–Crippen LogP) is 3.20. The highest BCUT2D eigenvalue weighted by Gasteiger charge is 2.30. The molecular weight excluding hydrogens is 349 g/mol. The minimum atomic E-state index is -0.493. The number of fused-ring (bicyclic) bond motifs is 1. The second-order valence-corrected chi connectivity index (χ2v) is 7.05. The van der Waals surface area contributed by atoms with Crippen LogP contribution in [0.2, 0.25) is 0 Å². The van der Waals surface area contributed by atoms with Gasteiger partial charge in [-0.3, -0.25) is 9.48 Å². The van der Waals surface area contributed by atoms with Crippen LogP contribution in [-0.4, -0.2) is 33.2 Å². The van der Waals surface area contributed by atoms with Crippen molar-refractivity contribution in [1.82, 2.24) is 14.7 Å². The van der Waals surface area contributed by atoms with Crippen molar-refractivity contribution in [1.29, 1.82) is 0 Å². The molecule has 1 unspecified atom stereocenters. The summed E-state index contributed by atoms with van der Waals surface area (Å²) in [5.74, 6) is -0.592. The van der Waals surface area contributed by atoms with Gasteiger partial charge in [-0.2, -0.15) is 5.10 Å². The first-order valence-corrected chi connectivity index (χ1v) is 9.21. The van der Waals surface area contributed by atoms with Gasteiger partial charge < -0.3 is 15.5 Å². The van der Waals surface area contributed by atoms with Crippen molar-refractivity contribution >= 4 is 23.3 Å². The van der Waals surface area contributed by atoms with Crippen molar-refractivity contribution in [2.24, 2.45) is 7.05 Å². The van der Waals surface area contributed by atoms with Crippen LogP contribution in [0.25, 0.3) is 0 Å². The largest absolute Gasteiger partial charge is 0.326 e. The number of amides is 3.